The largest absolute Gasteiger partial charge is 0.454 e. The van der Waals surface area contributed by atoms with E-state index < -0.39 is 11.7 Å². The second-order valence-corrected chi connectivity index (χ2v) is 5.39. The van der Waals surface area contributed by atoms with Crippen molar-refractivity contribution in [1.82, 2.24) is 9.97 Å². The molecule has 0 atom stereocenters. The highest BCUT2D eigenvalue weighted by Gasteiger charge is 2.15. The van der Waals surface area contributed by atoms with Crippen LogP contribution in [0.25, 0.3) is 0 Å². The van der Waals surface area contributed by atoms with Gasteiger partial charge in [-0.15, -0.1) is 0 Å². The normalized spacial score (nSPS) is 11.9. The first-order valence-corrected chi connectivity index (χ1v) is 7.75. The smallest absolute Gasteiger partial charge is 0.274 e. The quantitative estimate of drug-likeness (QED) is 0.749. The number of nitrogens with zero attached hydrogens (tertiary/aromatic N) is 2. The van der Waals surface area contributed by atoms with Crippen molar-refractivity contribution in [2.24, 2.45) is 0 Å². The van der Waals surface area contributed by atoms with Crippen LogP contribution in [0.4, 0.5) is 21.7 Å². The van der Waals surface area contributed by atoms with Crippen LogP contribution in [0.3, 0.4) is 0 Å². The number of carbonyl (C=O) groups is 1. The summed E-state index contributed by atoms with van der Waals surface area (Å²) < 4.78 is 24.2. The molecule has 2 N–H and O–H groups in total. The van der Waals surface area contributed by atoms with E-state index in [1.54, 1.807) is 36.4 Å². The van der Waals surface area contributed by atoms with Crippen molar-refractivity contribution in [2.75, 3.05) is 17.4 Å². The average Bonchev–Trinajstić information content (AvgIpc) is 3.12. The van der Waals surface area contributed by atoms with Crippen molar-refractivity contribution >= 4 is 23.2 Å². The maximum Gasteiger partial charge on any atom is 0.274 e. The van der Waals surface area contributed by atoms with Crippen LogP contribution < -0.4 is 20.1 Å². The number of halogens is 1. The van der Waals surface area contributed by atoms with Gasteiger partial charge >= 0.3 is 0 Å². The lowest BCUT2D eigenvalue weighted by atomic mass is 10.2. The lowest BCUT2D eigenvalue weighted by Gasteiger charge is -2.08. The van der Waals surface area contributed by atoms with Gasteiger partial charge in [0, 0.05) is 18.0 Å². The summed E-state index contributed by atoms with van der Waals surface area (Å²) in [6.45, 7) is 0.156. The monoisotopic (exact) mass is 352 g/mol. The molecule has 130 valence electrons. The highest BCUT2D eigenvalue weighted by molar-refractivity contribution is 6.03. The van der Waals surface area contributed by atoms with Gasteiger partial charge in [0.05, 0.1) is 5.69 Å². The van der Waals surface area contributed by atoms with Gasteiger partial charge in [0.25, 0.3) is 5.91 Å². The van der Waals surface area contributed by atoms with Crippen LogP contribution in [0.5, 0.6) is 11.5 Å². The van der Waals surface area contributed by atoms with Crippen LogP contribution >= 0.6 is 0 Å². The summed E-state index contributed by atoms with van der Waals surface area (Å²) in [7, 11) is 0. The van der Waals surface area contributed by atoms with Crippen molar-refractivity contribution in [2.45, 2.75) is 0 Å². The number of carbonyl (C=O) groups excluding carboxylic acids is 1. The van der Waals surface area contributed by atoms with Gasteiger partial charge in [0.1, 0.15) is 11.5 Å². The van der Waals surface area contributed by atoms with Gasteiger partial charge in [0.15, 0.2) is 11.5 Å². The first kappa shape index (κ1) is 15.8. The first-order valence-electron chi connectivity index (χ1n) is 7.75. The van der Waals surface area contributed by atoms with Crippen molar-refractivity contribution < 1.29 is 18.7 Å². The zero-order valence-electron chi connectivity index (χ0n) is 13.4. The number of ether oxygens (including phenoxy) is 2. The van der Waals surface area contributed by atoms with Crippen LogP contribution in [-0.2, 0) is 0 Å². The molecule has 1 aliphatic heterocycles. The average molecular weight is 352 g/mol. The van der Waals surface area contributed by atoms with Crippen molar-refractivity contribution in [3.05, 3.63) is 66.2 Å². The van der Waals surface area contributed by atoms with Crippen molar-refractivity contribution in [1.29, 1.82) is 0 Å². The fourth-order valence-electron chi connectivity index (χ4n) is 2.40. The molecule has 3 aromatic rings. The van der Waals surface area contributed by atoms with Crippen LogP contribution in [0.2, 0.25) is 0 Å². The summed E-state index contributed by atoms with van der Waals surface area (Å²) in [6, 6.07) is 12.7. The number of nitrogens with one attached hydrogen (secondary N) is 2. The maximum atomic E-state index is 13.7. The molecule has 2 heterocycles. The Hall–Kier alpha value is -3.68. The number of benzene rings is 2. The van der Waals surface area contributed by atoms with E-state index in [-0.39, 0.29) is 24.1 Å². The second-order valence-electron chi connectivity index (χ2n) is 5.39. The number of hydrogen-bond acceptors (Lipinski definition) is 6. The molecule has 1 aromatic heterocycles. The van der Waals surface area contributed by atoms with Crippen LogP contribution in [-0.4, -0.2) is 22.7 Å². The summed E-state index contributed by atoms with van der Waals surface area (Å²) in [6.07, 6.45) is 1.42. The van der Waals surface area contributed by atoms with Gasteiger partial charge in [-0.2, -0.15) is 0 Å². The Morgan fingerprint density at radius 3 is 2.81 bits per heavy atom. The lowest BCUT2D eigenvalue weighted by Crippen LogP contribution is -2.14. The molecule has 1 amide bonds. The number of rotatable bonds is 4. The predicted molar refractivity (Wildman–Crippen MR) is 92.2 cm³/mol. The zero-order valence-corrected chi connectivity index (χ0v) is 13.4. The molecule has 0 unspecified atom stereocenters. The molecule has 0 radical (unpaired) electrons. The Labute approximate surface area is 147 Å². The van der Waals surface area contributed by atoms with Crippen molar-refractivity contribution in [3.63, 3.8) is 0 Å². The predicted octanol–water partition coefficient (Wildman–Crippen LogP) is 3.34. The number of anilines is 3. The number of fused-ring (bicyclic) bond motifs is 1. The Morgan fingerprint density at radius 1 is 1.08 bits per heavy atom. The molecule has 0 bridgehead atoms. The van der Waals surface area contributed by atoms with E-state index in [1.807, 2.05) is 0 Å². The van der Waals surface area contributed by atoms with Gasteiger partial charge in [-0.25, -0.2) is 14.4 Å². The minimum absolute atomic E-state index is 0.119. The van der Waals surface area contributed by atoms with Crippen LogP contribution in [0.15, 0.2) is 54.7 Å². The summed E-state index contributed by atoms with van der Waals surface area (Å²) in [5.41, 5.74) is 0.902. The molecule has 7 nitrogen and oxygen atoms in total. The fourth-order valence-corrected chi connectivity index (χ4v) is 2.40. The van der Waals surface area contributed by atoms with E-state index in [0.29, 0.717) is 17.2 Å². The molecule has 0 spiro atoms. The van der Waals surface area contributed by atoms with Gasteiger partial charge in [-0.1, -0.05) is 12.1 Å². The van der Waals surface area contributed by atoms with Gasteiger partial charge in [-0.05, 0) is 30.3 Å². The van der Waals surface area contributed by atoms with E-state index in [4.69, 9.17) is 9.47 Å². The van der Waals surface area contributed by atoms with E-state index in [9.17, 15) is 9.18 Å². The third-order valence-electron chi connectivity index (χ3n) is 3.64. The van der Waals surface area contributed by atoms with E-state index in [1.165, 1.54) is 18.3 Å². The second kappa shape index (κ2) is 6.67. The lowest BCUT2D eigenvalue weighted by molar-refractivity contribution is 0.102. The Kier molecular flexibility index (Phi) is 4.06. The number of para-hydroxylation sites is 1. The molecule has 26 heavy (non-hydrogen) atoms. The third-order valence-corrected chi connectivity index (χ3v) is 3.64. The molecule has 4 rings (SSSR count). The van der Waals surface area contributed by atoms with Crippen LogP contribution in [0.1, 0.15) is 10.5 Å². The highest BCUT2D eigenvalue weighted by Crippen LogP contribution is 2.34. The fraction of sp³-hybridized carbons (Fsp3) is 0.0556. The van der Waals surface area contributed by atoms with E-state index in [0.717, 1.165) is 0 Å². The Balaban J connectivity index is 1.51. The molecular formula is C18H13FN4O3. The molecule has 0 saturated carbocycles. The van der Waals surface area contributed by atoms with Crippen molar-refractivity contribution in [3.8, 4) is 11.5 Å². The van der Waals surface area contributed by atoms with E-state index >= 15 is 0 Å². The Bertz CT molecular complexity index is 980. The topological polar surface area (TPSA) is 85.4 Å². The summed E-state index contributed by atoms with van der Waals surface area (Å²) in [4.78, 5) is 20.5. The molecule has 0 fully saturated rings. The summed E-state index contributed by atoms with van der Waals surface area (Å²) >= 11 is 0. The molecule has 2 aromatic carbocycles. The molecular weight excluding hydrogens is 339 g/mol. The standard InChI is InChI=1S/C18H13FN4O3/c19-12-3-1-2-4-13(12)22-18-20-8-7-14(23-18)17(24)21-11-5-6-15-16(9-11)26-10-25-15/h1-9H,10H2,(H,21,24)(H,20,22,23). The number of aromatic nitrogens is 2. The third kappa shape index (κ3) is 3.25. The number of amides is 1. The Morgan fingerprint density at radius 2 is 1.92 bits per heavy atom. The van der Waals surface area contributed by atoms with Gasteiger partial charge in [-0.3, -0.25) is 4.79 Å². The van der Waals surface area contributed by atoms with Gasteiger partial charge < -0.3 is 20.1 Å². The highest BCUT2D eigenvalue weighted by atomic mass is 19.1. The minimum atomic E-state index is -0.439. The molecule has 1 aliphatic rings. The zero-order chi connectivity index (χ0) is 17.9. The summed E-state index contributed by atoms with van der Waals surface area (Å²) in [5, 5.41) is 5.48. The molecule has 8 heteroatoms. The van der Waals surface area contributed by atoms with Crippen LogP contribution in [0, 0.1) is 5.82 Å². The first-order chi connectivity index (χ1) is 12.7. The maximum absolute atomic E-state index is 13.7. The van der Waals surface area contributed by atoms with Gasteiger partial charge in [0.2, 0.25) is 12.7 Å². The molecule has 0 aliphatic carbocycles. The summed E-state index contributed by atoms with van der Waals surface area (Å²) in [5.74, 6) is 0.441. The van der Waals surface area contributed by atoms with E-state index in [2.05, 4.69) is 20.6 Å². The minimum Gasteiger partial charge on any atom is -0.454 e. The molecule has 0 saturated heterocycles. The number of hydrogen-bond donors (Lipinski definition) is 2. The SMILES string of the molecule is O=C(Nc1ccc2c(c1)OCO2)c1ccnc(Nc2ccccc2F)n1.